The molecule has 2 N–H and O–H groups in total. The fraction of sp³-hybridized carbons (Fsp3) is 0.333. The average Bonchev–Trinajstić information content (AvgIpc) is 2.43. The first kappa shape index (κ1) is 6.78. The lowest BCUT2D eigenvalue weighted by molar-refractivity contribution is 0.689. The Hall–Kier alpha value is -1.34. The maximum Gasteiger partial charge on any atom is 0.159 e. The Morgan fingerprint density at radius 3 is 3.10 bits per heavy atom. The van der Waals surface area contributed by atoms with Crippen molar-refractivity contribution in [1.82, 2.24) is 20.5 Å². The van der Waals surface area contributed by atoms with Crippen LogP contribution in [0.5, 0.6) is 0 Å². The van der Waals surface area contributed by atoms with Gasteiger partial charge < -0.3 is 10.3 Å². The Labute approximate surface area is 59.1 Å². The van der Waals surface area contributed by atoms with Crippen LogP contribution in [0.25, 0.3) is 0 Å². The molecule has 0 unspecified atom stereocenters. The summed E-state index contributed by atoms with van der Waals surface area (Å²) < 4.78 is 0. The van der Waals surface area contributed by atoms with Crippen LogP contribution in [0.4, 0.5) is 0 Å². The number of hydrogen-bond donors (Lipinski definition) is 2. The molecule has 0 fully saturated rings. The maximum absolute atomic E-state index is 5.17. The van der Waals surface area contributed by atoms with E-state index in [0.717, 1.165) is 0 Å². The molecule has 0 amide bonds. The molecule has 0 aliphatic carbocycles. The fourth-order valence-corrected chi connectivity index (χ4v) is 0.655. The van der Waals surface area contributed by atoms with Gasteiger partial charge in [-0.05, 0) is 7.05 Å². The summed E-state index contributed by atoms with van der Waals surface area (Å²) in [7, 11) is 1.77. The first-order valence-electron chi connectivity index (χ1n) is 2.88. The van der Waals surface area contributed by atoms with Crippen LogP contribution in [0, 0.1) is 12.3 Å². The molecule has 0 bridgehead atoms. The molecule has 0 saturated carbocycles. The zero-order valence-corrected chi connectivity index (χ0v) is 5.63. The summed E-state index contributed by atoms with van der Waals surface area (Å²) in [6.07, 6.45) is 6.67. The number of hydrogen-bond acceptors (Lipinski definition) is 3. The molecular formula is C6H8N4. The minimum absolute atomic E-state index is 0.164. The van der Waals surface area contributed by atoms with Crippen molar-refractivity contribution in [3.8, 4) is 12.3 Å². The van der Waals surface area contributed by atoms with Gasteiger partial charge in [0.05, 0.1) is 0 Å². The minimum Gasteiger partial charge on any atom is -0.329 e. The standard InChI is InChI=1S/C6H8N4/c1-3-5(7-2)6-8-4-9-10-6/h1,4-5,7H,2H3,(H,8,9,10)/t5-/m0/s1. The molecule has 10 heavy (non-hydrogen) atoms. The first-order valence-corrected chi connectivity index (χ1v) is 2.88. The molecule has 0 saturated heterocycles. The van der Waals surface area contributed by atoms with Gasteiger partial charge in [-0.2, -0.15) is 0 Å². The third-order valence-electron chi connectivity index (χ3n) is 1.16. The molecule has 0 aliphatic heterocycles. The van der Waals surface area contributed by atoms with E-state index in [1.165, 1.54) is 6.33 Å². The lowest BCUT2D eigenvalue weighted by Crippen LogP contribution is -2.15. The highest BCUT2D eigenvalue weighted by molar-refractivity contribution is 5.08. The van der Waals surface area contributed by atoms with E-state index < -0.39 is 0 Å². The molecule has 1 aromatic heterocycles. The molecule has 1 atom stereocenters. The van der Waals surface area contributed by atoms with Crippen molar-refractivity contribution in [2.24, 2.45) is 0 Å². The van der Waals surface area contributed by atoms with Crippen LogP contribution in [-0.2, 0) is 0 Å². The summed E-state index contributed by atoms with van der Waals surface area (Å²) in [4.78, 5) is 2.81. The quantitative estimate of drug-likeness (QED) is 0.549. The molecule has 0 aromatic carbocycles. The molecule has 1 heterocycles. The van der Waals surface area contributed by atoms with E-state index in [1.54, 1.807) is 7.05 Å². The molecular weight excluding hydrogens is 128 g/mol. The molecule has 0 radical (unpaired) electrons. The van der Waals surface area contributed by atoms with Gasteiger partial charge in [-0.3, -0.25) is 0 Å². The van der Waals surface area contributed by atoms with Crippen molar-refractivity contribution in [2.45, 2.75) is 6.04 Å². The van der Waals surface area contributed by atoms with Crippen LogP contribution in [0.3, 0.4) is 0 Å². The Balaban J connectivity index is 2.76. The normalized spacial score (nSPS) is 12.4. The van der Waals surface area contributed by atoms with Crippen molar-refractivity contribution in [3.63, 3.8) is 0 Å². The smallest absolute Gasteiger partial charge is 0.159 e. The lowest BCUT2D eigenvalue weighted by atomic mass is 10.3. The van der Waals surface area contributed by atoms with Gasteiger partial charge in [-0.25, -0.2) is 0 Å². The summed E-state index contributed by atoms with van der Waals surface area (Å²) in [6.45, 7) is 0. The van der Waals surface area contributed by atoms with Crippen molar-refractivity contribution < 1.29 is 0 Å². The van der Waals surface area contributed by atoms with Crippen LogP contribution in [-0.4, -0.2) is 22.2 Å². The van der Waals surface area contributed by atoms with E-state index in [-0.39, 0.29) is 6.04 Å². The molecule has 52 valence electrons. The topological polar surface area (TPSA) is 53.6 Å². The second-order valence-corrected chi connectivity index (χ2v) is 1.76. The highest BCUT2D eigenvalue weighted by atomic mass is 15.2. The molecule has 4 heteroatoms. The second kappa shape index (κ2) is 2.99. The van der Waals surface area contributed by atoms with Crippen molar-refractivity contribution in [3.05, 3.63) is 12.2 Å². The highest BCUT2D eigenvalue weighted by Crippen LogP contribution is 2.01. The van der Waals surface area contributed by atoms with Crippen LogP contribution in [0.2, 0.25) is 0 Å². The summed E-state index contributed by atoms with van der Waals surface area (Å²) in [5.41, 5.74) is 0. The molecule has 1 aromatic rings. The Morgan fingerprint density at radius 2 is 2.70 bits per heavy atom. The van der Waals surface area contributed by atoms with Gasteiger partial charge in [-0.15, -0.1) is 16.6 Å². The number of terminal acetylenes is 1. The van der Waals surface area contributed by atoms with Crippen molar-refractivity contribution in [2.75, 3.05) is 7.05 Å². The number of aromatic amines is 1. The number of aromatic nitrogens is 3. The van der Waals surface area contributed by atoms with E-state index in [0.29, 0.717) is 5.82 Å². The number of rotatable bonds is 2. The number of nitrogens with zero attached hydrogens (tertiary/aromatic N) is 2. The molecule has 0 spiro atoms. The Bertz CT molecular complexity index is 220. The predicted molar refractivity (Wildman–Crippen MR) is 37.0 cm³/mol. The maximum atomic E-state index is 5.17. The van der Waals surface area contributed by atoms with Gasteiger partial charge in [0.25, 0.3) is 0 Å². The molecule has 4 nitrogen and oxygen atoms in total. The monoisotopic (exact) mass is 136 g/mol. The van der Waals surface area contributed by atoms with E-state index in [1.807, 2.05) is 0 Å². The van der Waals surface area contributed by atoms with E-state index in [4.69, 9.17) is 6.42 Å². The Morgan fingerprint density at radius 1 is 1.90 bits per heavy atom. The van der Waals surface area contributed by atoms with E-state index >= 15 is 0 Å². The van der Waals surface area contributed by atoms with Crippen molar-refractivity contribution >= 4 is 0 Å². The molecule has 1 rings (SSSR count). The van der Waals surface area contributed by atoms with Gasteiger partial charge >= 0.3 is 0 Å². The van der Waals surface area contributed by atoms with Gasteiger partial charge in [0.15, 0.2) is 5.82 Å². The SMILES string of the molecule is C#C[C@H](NC)c1nnc[nH]1. The average molecular weight is 136 g/mol. The van der Waals surface area contributed by atoms with E-state index in [2.05, 4.69) is 26.4 Å². The van der Waals surface area contributed by atoms with Gasteiger partial charge in [-0.1, -0.05) is 5.92 Å². The largest absolute Gasteiger partial charge is 0.329 e. The first-order chi connectivity index (χ1) is 4.88. The second-order valence-electron chi connectivity index (χ2n) is 1.76. The van der Waals surface area contributed by atoms with Crippen LogP contribution in [0.15, 0.2) is 6.33 Å². The van der Waals surface area contributed by atoms with Crippen LogP contribution in [0.1, 0.15) is 11.9 Å². The fourth-order valence-electron chi connectivity index (χ4n) is 0.655. The number of nitrogens with one attached hydrogen (secondary N) is 2. The zero-order valence-electron chi connectivity index (χ0n) is 5.63. The highest BCUT2D eigenvalue weighted by Gasteiger charge is 2.06. The number of H-pyrrole nitrogens is 1. The Kier molecular flexibility index (Phi) is 2.03. The summed E-state index contributed by atoms with van der Waals surface area (Å²) >= 11 is 0. The lowest BCUT2D eigenvalue weighted by Gasteiger charge is -2.02. The van der Waals surface area contributed by atoms with Gasteiger partial charge in [0.2, 0.25) is 0 Å². The van der Waals surface area contributed by atoms with Gasteiger partial charge in [0.1, 0.15) is 12.4 Å². The van der Waals surface area contributed by atoms with Crippen LogP contribution >= 0.6 is 0 Å². The van der Waals surface area contributed by atoms with Crippen LogP contribution < -0.4 is 5.32 Å². The van der Waals surface area contributed by atoms with Crippen molar-refractivity contribution in [1.29, 1.82) is 0 Å². The van der Waals surface area contributed by atoms with E-state index in [9.17, 15) is 0 Å². The minimum atomic E-state index is -0.164. The molecule has 0 aliphatic rings. The van der Waals surface area contributed by atoms with Gasteiger partial charge in [0, 0.05) is 0 Å². The summed E-state index contributed by atoms with van der Waals surface area (Å²) in [5.74, 6) is 3.18. The third-order valence-corrected chi connectivity index (χ3v) is 1.16. The third kappa shape index (κ3) is 1.14. The zero-order chi connectivity index (χ0) is 7.40. The predicted octanol–water partition coefficient (Wildman–Crippen LogP) is -0.302. The summed E-state index contributed by atoms with van der Waals surface area (Å²) in [5, 5.41) is 10.2. The summed E-state index contributed by atoms with van der Waals surface area (Å²) in [6, 6.07) is -0.164.